The van der Waals surface area contributed by atoms with Gasteiger partial charge in [0.15, 0.2) is 5.75 Å². The molecule has 0 amide bonds. The Morgan fingerprint density at radius 3 is 3.00 bits per heavy atom. The molecule has 1 heterocycles. The van der Waals surface area contributed by atoms with Gasteiger partial charge in [-0.25, -0.2) is 4.99 Å². The summed E-state index contributed by atoms with van der Waals surface area (Å²) in [6.45, 7) is 0. The predicted octanol–water partition coefficient (Wildman–Crippen LogP) is 3.47. The van der Waals surface area contributed by atoms with Gasteiger partial charge in [0, 0.05) is 17.2 Å². The molecule has 1 aliphatic carbocycles. The zero-order valence-corrected chi connectivity index (χ0v) is 12.3. The van der Waals surface area contributed by atoms with Crippen molar-refractivity contribution >= 4 is 28.2 Å². The van der Waals surface area contributed by atoms with Crippen molar-refractivity contribution in [1.29, 1.82) is 5.26 Å². The Kier molecular flexibility index (Phi) is 3.61. The Morgan fingerprint density at radius 1 is 1.45 bits per heavy atom. The number of hydrogen-bond donors (Lipinski definition) is 1. The van der Waals surface area contributed by atoms with Crippen molar-refractivity contribution in [2.45, 2.75) is 19.3 Å². The molecule has 22 heavy (non-hydrogen) atoms. The molecule has 110 valence electrons. The summed E-state index contributed by atoms with van der Waals surface area (Å²) >= 11 is 1.50. The molecule has 7 heteroatoms. The topological polar surface area (TPSA) is 99.5 Å². The second-order valence-electron chi connectivity index (χ2n) is 4.91. The summed E-state index contributed by atoms with van der Waals surface area (Å²) in [5.41, 5.74) is 1.85. The van der Waals surface area contributed by atoms with E-state index in [9.17, 15) is 20.5 Å². The second-order valence-corrected chi connectivity index (χ2v) is 6.00. The third-order valence-corrected chi connectivity index (χ3v) is 4.74. The predicted molar refractivity (Wildman–Crippen MR) is 83.1 cm³/mol. The van der Waals surface area contributed by atoms with Crippen LogP contribution in [0.15, 0.2) is 23.2 Å². The fourth-order valence-electron chi connectivity index (χ4n) is 2.50. The number of fused-ring (bicyclic) bond motifs is 1. The number of rotatable bonds is 3. The van der Waals surface area contributed by atoms with Gasteiger partial charge in [0.2, 0.25) is 0 Å². The van der Waals surface area contributed by atoms with E-state index in [0.717, 1.165) is 24.8 Å². The maximum Gasteiger partial charge on any atom is 0.311 e. The maximum atomic E-state index is 10.8. The van der Waals surface area contributed by atoms with Crippen LogP contribution in [-0.2, 0) is 12.8 Å². The summed E-state index contributed by atoms with van der Waals surface area (Å²) in [7, 11) is 0. The van der Waals surface area contributed by atoms with E-state index in [1.807, 2.05) is 0 Å². The third-order valence-electron chi connectivity index (χ3n) is 3.54. The van der Waals surface area contributed by atoms with E-state index in [1.54, 1.807) is 6.07 Å². The highest BCUT2D eigenvalue weighted by Crippen LogP contribution is 2.40. The number of nitrogens with zero attached hydrogens (tertiary/aromatic N) is 3. The normalized spacial score (nSPS) is 13.2. The van der Waals surface area contributed by atoms with E-state index >= 15 is 0 Å². The van der Waals surface area contributed by atoms with Gasteiger partial charge in [0.1, 0.15) is 11.1 Å². The van der Waals surface area contributed by atoms with Crippen LogP contribution in [0.4, 0.5) is 10.7 Å². The van der Waals surface area contributed by atoms with Crippen molar-refractivity contribution in [3.05, 3.63) is 49.9 Å². The van der Waals surface area contributed by atoms with Crippen LogP contribution in [0.2, 0.25) is 0 Å². The van der Waals surface area contributed by atoms with Crippen LogP contribution in [0.3, 0.4) is 0 Å². The molecule has 0 radical (unpaired) electrons. The minimum absolute atomic E-state index is 0.363. The molecule has 0 atom stereocenters. The van der Waals surface area contributed by atoms with Gasteiger partial charge in [-0.15, -0.1) is 11.3 Å². The molecule has 0 fully saturated rings. The number of hydrogen-bond acceptors (Lipinski definition) is 6. The van der Waals surface area contributed by atoms with E-state index in [0.29, 0.717) is 16.1 Å². The number of nitriles is 1. The summed E-state index contributed by atoms with van der Waals surface area (Å²) in [4.78, 5) is 15.7. The Hall–Kier alpha value is -2.72. The minimum atomic E-state index is -0.646. The minimum Gasteiger partial charge on any atom is -0.502 e. The van der Waals surface area contributed by atoms with Gasteiger partial charge in [0.25, 0.3) is 0 Å². The summed E-state index contributed by atoms with van der Waals surface area (Å²) in [6, 6.07) is 6.26. The largest absolute Gasteiger partial charge is 0.502 e. The lowest BCUT2D eigenvalue weighted by atomic mass is 10.1. The van der Waals surface area contributed by atoms with Crippen molar-refractivity contribution < 1.29 is 10.0 Å². The first-order valence-electron chi connectivity index (χ1n) is 6.66. The lowest BCUT2D eigenvalue weighted by Crippen LogP contribution is -1.90. The summed E-state index contributed by atoms with van der Waals surface area (Å²) in [6.07, 6.45) is 4.45. The second kappa shape index (κ2) is 5.58. The molecule has 0 aliphatic heterocycles. The Morgan fingerprint density at radius 2 is 2.27 bits per heavy atom. The highest BCUT2D eigenvalue weighted by atomic mass is 32.1. The smallest absolute Gasteiger partial charge is 0.311 e. The summed E-state index contributed by atoms with van der Waals surface area (Å²) in [5.74, 6) is -0.380. The monoisotopic (exact) mass is 313 g/mol. The van der Waals surface area contributed by atoms with Gasteiger partial charge >= 0.3 is 5.69 Å². The van der Waals surface area contributed by atoms with Gasteiger partial charge in [-0.2, -0.15) is 5.26 Å². The molecule has 1 aromatic carbocycles. The Balaban J connectivity index is 1.94. The van der Waals surface area contributed by atoms with Gasteiger partial charge in [-0.05, 0) is 42.5 Å². The quantitative estimate of drug-likeness (QED) is 0.532. The third kappa shape index (κ3) is 2.44. The zero-order chi connectivity index (χ0) is 15.7. The molecular weight excluding hydrogens is 302 g/mol. The number of phenolic OH excluding ortho intramolecular Hbond substituents is 1. The first-order valence-corrected chi connectivity index (χ1v) is 7.48. The van der Waals surface area contributed by atoms with Crippen LogP contribution in [0.25, 0.3) is 0 Å². The molecule has 1 N–H and O–H groups in total. The average molecular weight is 313 g/mol. The van der Waals surface area contributed by atoms with Crippen LogP contribution in [0, 0.1) is 21.4 Å². The van der Waals surface area contributed by atoms with Crippen molar-refractivity contribution in [3.63, 3.8) is 0 Å². The standard InChI is InChI=1S/C15H11N3O3S/c16-7-11-10-2-1-3-14(10)22-15(11)17-8-9-4-5-13(19)12(6-9)18(20)21/h4-6,8,19H,1-3H2/b17-8+. The van der Waals surface area contributed by atoms with Gasteiger partial charge in [0.05, 0.1) is 10.5 Å². The molecule has 0 unspecified atom stereocenters. The van der Waals surface area contributed by atoms with E-state index in [1.165, 1.54) is 34.6 Å². The summed E-state index contributed by atoms with van der Waals surface area (Å²) in [5, 5.41) is 30.2. The number of aromatic hydroxyl groups is 1. The highest BCUT2D eigenvalue weighted by Gasteiger charge is 2.21. The molecule has 0 saturated carbocycles. The van der Waals surface area contributed by atoms with Crippen molar-refractivity contribution in [3.8, 4) is 11.8 Å². The number of nitro benzene ring substituents is 1. The van der Waals surface area contributed by atoms with Crippen molar-refractivity contribution in [2.75, 3.05) is 0 Å². The van der Waals surface area contributed by atoms with Crippen LogP contribution >= 0.6 is 11.3 Å². The Labute approximate surface area is 130 Å². The summed E-state index contributed by atoms with van der Waals surface area (Å²) < 4.78 is 0. The molecule has 0 spiro atoms. The molecule has 1 aromatic heterocycles. The number of thiophene rings is 1. The van der Waals surface area contributed by atoms with Crippen molar-refractivity contribution in [1.82, 2.24) is 0 Å². The molecule has 3 rings (SSSR count). The number of aryl methyl sites for hydroxylation is 1. The fourth-order valence-corrected chi connectivity index (χ4v) is 3.68. The van der Waals surface area contributed by atoms with E-state index < -0.39 is 4.92 Å². The van der Waals surface area contributed by atoms with Gasteiger partial charge in [-0.1, -0.05) is 0 Å². The van der Waals surface area contributed by atoms with Crippen LogP contribution in [0.1, 0.15) is 28.0 Å². The van der Waals surface area contributed by atoms with Gasteiger partial charge in [-0.3, -0.25) is 10.1 Å². The number of benzene rings is 1. The molecule has 0 bridgehead atoms. The average Bonchev–Trinajstić information content (AvgIpc) is 3.06. The molecule has 0 saturated heterocycles. The van der Waals surface area contributed by atoms with Crippen LogP contribution in [-0.4, -0.2) is 16.2 Å². The van der Waals surface area contributed by atoms with E-state index in [-0.39, 0.29) is 11.4 Å². The van der Waals surface area contributed by atoms with E-state index in [4.69, 9.17) is 0 Å². The Bertz CT molecular complexity index is 833. The molecule has 6 nitrogen and oxygen atoms in total. The zero-order valence-electron chi connectivity index (χ0n) is 11.4. The number of nitro groups is 1. The first-order chi connectivity index (χ1) is 10.6. The van der Waals surface area contributed by atoms with Crippen LogP contribution in [0.5, 0.6) is 5.75 Å². The lowest BCUT2D eigenvalue weighted by Gasteiger charge is -1.97. The fraction of sp³-hybridized carbons (Fsp3) is 0.200. The highest BCUT2D eigenvalue weighted by molar-refractivity contribution is 7.16. The maximum absolute atomic E-state index is 10.8. The molecule has 1 aliphatic rings. The number of aliphatic imine (C=N–C) groups is 1. The van der Waals surface area contributed by atoms with Gasteiger partial charge < -0.3 is 5.11 Å². The van der Waals surface area contributed by atoms with Crippen LogP contribution < -0.4 is 0 Å². The SMILES string of the molecule is N#Cc1c(/N=C/c2ccc(O)c([N+](=O)[O-])c2)sc2c1CCC2. The lowest BCUT2D eigenvalue weighted by molar-refractivity contribution is -0.385. The van der Waals surface area contributed by atoms with E-state index in [2.05, 4.69) is 11.1 Å². The molecule has 2 aromatic rings. The van der Waals surface area contributed by atoms with Crippen molar-refractivity contribution in [2.24, 2.45) is 4.99 Å². The molecular formula is C15H11N3O3S. The first kappa shape index (κ1) is 14.2. The number of phenols is 1.